The number of nitrogen functional groups attached to an aromatic ring is 1. The molecule has 0 fully saturated rings. The molecule has 0 radical (unpaired) electrons. The number of carbonyl (C=O) groups is 1. The lowest BCUT2D eigenvalue weighted by atomic mass is 10.0. The zero-order valence-electron chi connectivity index (χ0n) is 15.0. The lowest BCUT2D eigenvalue weighted by Crippen LogP contribution is -2.33. The highest BCUT2D eigenvalue weighted by Crippen LogP contribution is 2.22. The predicted octanol–water partition coefficient (Wildman–Crippen LogP) is 2.59. The molecule has 1 atom stereocenters. The third kappa shape index (κ3) is 3.72. The molecule has 2 aromatic heterocycles. The minimum atomic E-state index is -0.163. The zero-order chi connectivity index (χ0) is 18.7. The Morgan fingerprint density at radius 2 is 1.88 bits per heavy atom. The molecule has 0 aliphatic heterocycles. The smallest absolute Gasteiger partial charge is 0.251 e. The number of benzene rings is 1. The van der Waals surface area contributed by atoms with Gasteiger partial charge in [-0.15, -0.1) is 0 Å². The molecule has 0 unspecified atom stereocenters. The van der Waals surface area contributed by atoms with Gasteiger partial charge >= 0.3 is 0 Å². The van der Waals surface area contributed by atoms with E-state index in [4.69, 9.17) is 5.73 Å². The number of anilines is 1. The predicted molar refractivity (Wildman–Crippen MR) is 100 cm³/mol. The summed E-state index contributed by atoms with van der Waals surface area (Å²) < 4.78 is 1.92. The highest BCUT2D eigenvalue weighted by atomic mass is 16.1. The van der Waals surface area contributed by atoms with Crippen LogP contribution in [0.4, 0.5) is 5.82 Å². The summed E-state index contributed by atoms with van der Waals surface area (Å²) in [4.78, 5) is 25.1. The Balaban J connectivity index is 1.78. The summed E-state index contributed by atoms with van der Waals surface area (Å²) in [6, 6.07) is 8.79. The largest absolute Gasteiger partial charge is 0.384 e. The molecule has 26 heavy (non-hydrogen) atoms. The number of aromatic nitrogens is 4. The second kappa shape index (κ2) is 7.35. The fraction of sp³-hybridized carbons (Fsp3) is 0.263. The van der Waals surface area contributed by atoms with Gasteiger partial charge in [0.2, 0.25) is 0 Å². The molecule has 0 spiro atoms. The Kier molecular flexibility index (Phi) is 4.97. The van der Waals surface area contributed by atoms with Crippen LogP contribution < -0.4 is 11.1 Å². The maximum atomic E-state index is 12.7. The molecule has 134 valence electrons. The molecule has 0 aliphatic rings. The molecule has 3 rings (SSSR count). The van der Waals surface area contributed by atoms with E-state index in [1.807, 2.05) is 29.9 Å². The van der Waals surface area contributed by atoms with Crippen molar-refractivity contribution in [1.82, 2.24) is 24.8 Å². The van der Waals surface area contributed by atoms with E-state index in [-0.39, 0.29) is 17.9 Å². The van der Waals surface area contributed by atoms with Gasteiger partial charge in [0.05, 0.1) is 11.7 Å². The van der Waals surface area contributed by atoms with Crippen molar-refractivity contribution in [3.8, 4) is 11.3 Å². The van der Waals surface area contributed by atoms with Crippen molar-refractivity contribution in [2.24, 2.45) is 13.0 Å². The van der Waals surface area contributed by atoms with Crippen LogP contribution in [0.2, 0.25) is 0 Å². The van der Waals surface area contributed by atoms with E-state index in [2.05, 4.69) is 34.1 Å². The summed E-state index contributed by atoms with van der Waals surface area (Å²) in [5.41, 5.74) is 7.87. The normalized spacial score (nSPS) is 12.2. The van der Waals surface area contributed by atoms with Crippen molar-refractivity contribution in [2.75, 3.05) is 5.73 Å². The Hall–Kier alpha value is -3.22. The van der Waals surface area contributed by atoms with Crippen LogP contribution in [-0.2, 0) is 7.05 Å². The molecule has 1 aromatic carbocycles. The van der Waals surface area contributed by atoms with Gasteiger partial charge in [-0.25, -0.2) is 15.0 Å². The van der Waals surface area contributed by atoms with Crippen LogP contribution in [0, 0.1) is 5.92 Å². The Bertz CT molecular complexity index is 900. The number of nitrogens with one attached hydrogen (secondary N) is 1. The van der Waals surface area contributed by atoms with E-state index in [1.165, 1.54) is 6.33 Å². The fourth-order valence-corrected chi connectivity index (χ4v) is 2.75. The van der Waals surface area contributed by atoms with E-state index in [0.29, 0.717) is 11.4 Å². The monoisotopic (exact) mass is 350 g/mol. The van der Waals surface area contributed by atoms with Crippen molar-refractivity contribution in [1.29, 1.82) is 0 Å². The van der Waals surface area contributed by atoms with E-state index in [0.717, 1.165) is 17.1 Å². The Morgan fingerprint density at radius 1 is 1.15 bits per heavy atom. The Labute approximate surface area is 152 Å². The molecule has 0 aliphatic carbocycles. The summed E-state index contributed by atoms with van der Waals surface area (Å²) >= 11 is 0. The molecule has 0 saturated heterocycles. The highest BCUT2D eigenvalue weighted by Gasteiger charge is 2.22. The number of nitrogens with two attached hydrogens (primary N) is 1. The van der Waals surface area contributed by atoms with Crippen molar-refractivity contribution in [3.63, 3.8) is 0 Å². The SMILES string of the molecule is CC(C)[C@@H](NC(=O)c1ccc(-c2cc(N)ncn2)cc1)c1nccn1C. The van der Waals surface area contributed by atoms with E-state index in [9.17, 15) is 4.79 Å². The molecule has 7 heteroatoms. The number of imidazole rings is 1. The molecular weight excluding hydrogens is 328 g/mol. The molecule has 1 amide bonds. The van der Waals surface area contributed by atoms with Crippen LogP contribution >= 0.6 is 0 Å². The van der Waals surface area contributed by atoms with Crippen LogP contribution in [0.15, 0.2) is 49.1 Å². The number of hydrogen-bond acceptors (Lipinski definition) is 5. The van der Waals surface area contributed by atoms with Crippen LogP contribution in [0.25, 0.3) is 11.3 Å². The third-order valence-corrected chi connectivity index (χ3v) is 4.22. The van der Waals surface area contributed by atoms with E-state index < -0.39 is 0 Å². The van der Waals surface area contributed by atoms with Crippen LogP contribution in [0.3, 0.4) is 0 Å². The lowest BCUT2D eigenvalue weighted by molar-refractivity contribution is 0.0922. The quantitative estimate of drug-likeness (QED) is 0.737. The average molecular weight is 350 g/mol. The number of hydrogen-bond donors (Lipinski definition) is 2. The molecule has 0 saturated carbocycles. The van der Waals surface area contributed by atoms with Gasteiger partial charge in [0, 0.05) is 36.6 Å². The number of rotatable bonds is 5. The van der Waals surface area contributed by atoms with Gasteiger partial charge < -0.3 is 15.6 Å². The second-order valence-corrected chi connectivity index (χ2v) is 6.50. The molecule has 2 heterocycles. The first-order chi connectivity index (χ1) is 12.5. The first kappa shape index (κ1) is 17.6. The molecule has 3 aromatic rings. The fourth-order valence-electron chi connectivity index (χ4n) is 2.75. The molecule has 0 bridgehead atoms. The van der Waals surface area contributed by atoms with Gasteiger partial charge in [-0.3, -0.25) is 4.79 Å². The summed E-state index contributed by atoms with van der Waals surface area (Å²) in [5.74, 6) is 1.32. The first-order valence-corrected chi connectivity index (χ1v) is 8.41. The van der Waals surface area contributed by atoms with Crippen molar-refractivity contribution in [3.05, 3.63) is 60.4 Å². The number of amides is 1. The van der Waals surface area contributed by atoms with Crippen molar-refractivity contribution < 1.29 is 4.79 Å². The first-order valence-electron chi connectivity index (χ1n) is 8.41. The van der Waals surface area contributed by atoms with Gasteiger partial charge in [-0.1, -0.05) is 26.0 Å². The third-order valence-electron chi connectivity index (χ3n) is 4.22. The summed E-state index contributed by atoms with van der Waals surface area (Å²) in [5, 5.41) is 3.08. The van der Waals surface area contributed by atoms with Gasteiger partial charge in [-0.2, -0.15) is 0 Å². The van der Waals surface area contributed by atoms with E-state index >= 15 is 0 Å². The van der Waals surface area contributed by atoms with Crippen molar-refractivity contribution in [2.45, 2.75) is 19.9 Å². The van der Waals surface area contributed by atoms with Crippen LogP contribution in [-0.4, -0.2) is 25.4 Å². The van der Waals surface area contributed by atoms with Crippen LogP contribution in [0.5, 0.6) is 0 Å². The number of carbonyl (C=O) groups excluding carboxylic acids is 1. The van der Waals surface area contributed by atoms with Gasteiger partial charge in [-0.05, 0) is 18.1 Å². The van der Waals surface area contributed by atoms with Gasteiger partial charge in [0.15, 0.2) is 0 Å². The van der Waals surface area contributed by atoms with Gasteiger partial charge in [0.25, 0.3) is 5.91 Å². The molecular formula is C19H22N6O. The highest BCUT2D eigenvalue weighted by molar-refractivity contribution is 5.94. The minimum Gasteiger partial charge on any atom is -0.384 e. The van der Waals surface area contributed by atoms with Crippen molar-refractivity contribution >= 4 is 11.7 Å². The lowest BCUT2D eigenvalue weighted by Gasteiger charge is -2.22. The number of nitrogens with zero attached hydrogens (tertiary/aromatic N) is 4. The van der Waals surface area contributed by atoms with Gasteiger partial charge in [0.1, 0.15) is 18.0 Å². The molecule has 3 N–H and O–H groups in total. The molecule has 7 nitrogen and oxygen atoms in total. The second-order valence-electron chi connectivity index (χ2n) is 6.50. The minimum absolute atomic E-state index is 0.138. The summed E-state index contributed by atoms with van der Waals surface area (Å²) in [6.07, 6.45) is 5.03. The topological polar surface area (TPSA) is 98.7 Å². The number of aryl methyl sites for hydroxylation is 1. The van der Waals surface area contributed by atoms with E-state index in [1.54, 1.807) is 24.4 Å². The maximum absolute atomic E-state index is 12.7. The van der Waals surface area contributed by atoms with Crippen LogP contribution in [0.1, 0.15) is 36.1 Å². The zero-order valence-corrected chi connectivity index (χ0v) is 15.0. The Morgan fingerprint density at radius 3 is 2.46 bits per heavy atom. The summed E-state index contributed by atoms with van der Waals surface area (Å²) in [7, 11) is 1.92. The average Bonchev–Trinajstić information content (AvgIpc) is 3.05. The maximum Gasteiger partial charge on any atom is 0.251 e. The summed E-state index contributed by atoms with van der Waals surface area (Å²) in [6.45, 7) is 4.12. The standard InChI is InChI=1S/C19H22N6O/c1-12(2)17(18-21-8-9-25(18)3)24-19(26)14-6-4-13(5-7-14)15-10-16(20)23-11-22-15/h4-12,17H,1-3H3,(H,24,26)(H2,20,22,23)/t17-/m1/s1.